The van der Waals surface area contributed by atoms with Crippen molar-refractivity contribution in [2.24, 2.45) is 55.9 Å². The molecule has 0 rings (SSSR count). The maximum absolute atomic E-state index is 13.7. The first-order chi connectivity index (χ1) is 35.9. The third-order valence-corrected chi connectivity index (χ3v) is 10.7. The van der Waals surface area contributed by atoms with Crippen LogP contribution in [0.4, 0.5) is 0 Å². The minimum atomic E-state index is -2.07. The summed E-state index contributed by atoms with van der Waals surface area (Å²) in [6.07, 6.45) is -6.13. The van der Waals surface area contributed by atoms with Gasteiger partial charge in [-0.25, -0.2) is 4.79 Å². The molecule has 0 fully saturated rings. The Morgan fingerprint density at radius 3 is 1.23 bits per heavy atom. The van der Waals surface area contributed by atoms with Crippen LogP contribution < -0.4 is 88.4 Å². The van der Waals surface area contributed by atoms with Crippen LogP contribution in [0, 0.1) is 0 Å². The molecule has 77 heavy (non-hydrogen) atoms. The number of hydrogen-bond donors (Lipinski definition) is 21. The molecule has 0 aliphatic rings. The van der Waals surface area contributed by atoms with Gasteiger partial charge in [-0.1, -0.05) is 0 Å². The lowest BCUT2D eigenvalue weighted by Crippen LogP contribution is -2.63. The summed E-state index contributed by atoms with van der Waals surface area (Å²) in [6, 6.07) is -15.9. The Hall–Kier alpha value is -8.02. The van der Waals surface area contributed by atoms with Crippen molar-refractivity contribution in [1.29, 1.82) is 0 Å². The summed E-state index contributed by atoms with van der Waals surface area (Å²) in [5, 5.41) is 67.5. The van der Waals surface area contributed by atoms with Crippen molar-refractivity contribution in [3.8, 4) is 0 Å². The van der Waals surface area contributed by atoms with Crippen molar-refractivity contribution < 1.29 is 83.1 Å². The number of aliphatic imine (C=N–C) groups is 2. The fraction of sp³-hybridized carbons (Fsp3) is 0.667. The second-order valence-corrected chi connectivity index (χ2v) is 17.4. The summed E-state index contributed by atoms with van der Waals surface area (Å²) in [4.78, 5) is 162. The largest absolute Gasteiger partial charge is 0.481 e. The van der Waals surface area contributed by atoms with Gasteiger partial charge in [0.1, 0.15) is 48.3 Å². The first-order valence-electron chi connectivity index (χ1n) is 23.9. The van der Waals surface area contributed by atoms with Crippen LogP contribution in [0.2, 0.25) is 0 Å². The number of hydrogen-bond acceptors (Lipinski definition) is 19. The van der Waals surface area contributed by atoms with Crippen molar-refractivity contribution in [2.75, 3.05) is 26.2 Å². The van der Waals surface area contributed by atoms with E-state index in [0.29, 0.717) is 19.3 Å². The van der Waals surface area contributed by atoms with Crippen LogP contribution in [-0.2, 0) is 57.5 Å². The Kier molecular flexibility index (Phi) is 32.3. The minimum absolute atomic E-state index is 0.0194. The Bertz CT molecular complexity index is 2100. The molecule has 0 spiro atoms. The predicted molar refractivity (Wildman–Crippen MR) is 269 cm³/mol. The number of carbonyl (C=O) groups is 12. The van der Waals surface area contributed by atoms with Gasteiger partial charge in [-0.05, 0) is 71.8 Å². The van der Waals surface area contributed by atoms with E-state index in [2.05, 4.69) is 41.9 Å². The topological polar surface area (TPSA) is 635 Å². The van der Waals surface area contributed by atoms with Crippen LogP contribution in [0.5, 0.6) is 0 Å². The highest BCUT2D eigenvalue weighted by Gasteiger charge is 2.37. The SMILES string of the molecule is CC(O)C(NC(=O)C(CO)NC(=O)C(CC(N)=O)NC(=O)C(CCC(=O)O)NC(=O)C(NC(=O)C(CCCCN)NC(=O)C(N)CCCN=C(N)N)C(C)O)C(=O)NC(CC(N)=O)C(=O)NC(CCCN=C(N)N)C(=O)O. The van der Waals surface area contributed by atoms with E-state index in [4.69, 9.17) is 45.9 Å². The molecule has 0 aromatic heterocycles. The smallest absolute Gasteiger partial charge is 0.326 e. The quantitative estimate of drug-likeness (QED) is 0.0154. The maximum atomic E-state index is 13.7. The van der Waals surface area contributed by atoms with Crippen molar-refractivity contribution in [3.05, 3.63) is 0 Å². The first kappa shape index (κ1) is 69.0. The zero-order valence-corrected chi connectivity index (χ0v) is 42.6. The summed E-state index contributed by atoms with van der Waals surface area (Å²) in [5.74, 6) is -15.7. The van der Waals surface area contributed by atoms with Crippen LogP contribution in [0.1, 0.15) is 84.5 Å². The van der Waals surface area contributed by atoms with Gasteiger partial charge >= 0.3 is 11.9 Å². The molecule has 0 radical (unpaired) electrons. The lowest BCUT2D eigenvalue weighted by Gasteiger charge is -2.28. The summed E-state index contributed by atoms with van der Waals surface area (Å²) in [6.45, 7) is 1.13. The molecular weight excluding hydrogens is 1030 g/mol. The number of aliphatic hydroxyl groups excluding tert-OH is 3. The number of nitrogens with two attached hydrogens (primary N) is 8. The van der Waals surface area contributed by atoms with E-state index in [0.717, 1.165) is 13.8 Å². The number of carboxylic acids is 2. The highest BCUT2D eigenvalue weighted by atomic mass is 16.4. The standard InChI is InChI=1S/C42H76N18O17/c1-18(62)30(59-34(70)21(8-3-4-12-43)53-32(68)20(44)7-5-13-51-41(47)48)38(74)54-22(10-11-29(66)67)33(69)56-24(15-27(45)64)36(72)58-26(17-61)37(73)60-31(19(2)63)39(75)57-25(16-28(46)65)35(71)55-23(40(76)77)9-6-14-52-42(49)50/h18-26,30-31,61-63H,3-17,43-44H2,1-2H3,(H2,45,64)(H2,46,65)(H,53,68)(H,54,74)(H,55,71)(H,56,69)(H,57,75)(H,58,72)(H,59,70)(H,60,73)(H,66,67)(H,76,77)(H4,47,48,51)(H4,49,50,52). The molecule has 436 valence electrons. The zero-order chi connectivity index (χ0) is 59.1. The van der Waals surface area contributed by atoms with Gasteiger partial charge in [0.05, 0.1) is 37.7 Å². The summed E-state index contributed by atoms with van der Waals surface area (Å²) in [7, 11) is 0. The third-order valence-electron chi connectivity index (χ3n) is 10.7. The predicted octanol–water partition coefficient (Wildman–Crippen LogP) is -11.1. The first-order valence-corrected chi connectivity index (χ1v) is 23.9. The molecule has 35 heteroatoms. The maximum Gasteiger partial charge on any atom is 0.326 e. The fourth-order valence-corrected chi connectivity index (χ4v) is 6.66. The molecule has 11 unspecified atom stereocenters. The van der Waals surface area contributed by atoms with E-state index in [-0.39, 0.29) is 57.2 Å². The Morgan fingerprint density at radius 1 is 0.455 bits per heavy atom. The number of carbonyl (C=O) groups excluding carboxylic acids is 10. The number of carboxylic acid groups (broad SMARTS) is 2. The van der Waals surface area contributed by atoms with Crippen LogP contribution >= 0.6 is 0 Å². The van der Waals surface area contributed by atoms with E-state index >= 15 is 0 Å². The zero-order valence-electron chi connectivity index (χ0n) is 42.6. The van der Waals surface area contributed by atoms with Crippen LogP contribution in [0.15, 0.2) is 9.98 Å². The number of primary amides is 2. The third kappa shape index (κ3) is 28.5. The van der Waals surface area contributed by atoms with E-state index < -0.39 is 170 Å². The lowest BCUT2D eigenvalue weighted by molar-refractivity contribution is -0.143. The molecule has 0 saturated heterocycles. The second-order valence-electron chi connectivity index (χ2n) is 17.4. The molecular formula is C42H76N18O17. The van der Waals surface area contributed by atoms with Gasteiger partial charge in [-0.3, -0.25) is 62.7 Å². The molecule has 35 nitrogen and oxygen atoms in total. The van der Waals surface area contributed by atoms with Gasteiger partial charge in [0.15, 0.2) is 11.9 Å². The number of rotatable bonds is 39. The van der Waals surface area contributed by atoms with Crippen LogP contribution in [0.3, 0.4) is 0 Å². The molecule has 0 heterocycles. The molecule has 0 aromatic rings. The summed E-state index contributed by atoms with van der Waals surface area (Å²) in [5.41, 5.74) is 43.2. The Morgan fingerprint density at radius 2 is 0.818 bits per heavy atom. The van der Waals surface area contributed by atoms with Gasteiger partial charge in [0, 0.05) is 19.5 Å². The normalized spacial score (nSPS) is 15.2. The highest BCUT2D eigenvalue weighted by Crippen LogP contribution is 2.09. The number of aliphatic hydroxyl groups is 3. The molecule has 0 bridgehead atoms. The minimum Gasteiger partial charge on any atom is -0.481 e. The van der Waals surface area contributed by atoms with Crippen molar-refractivity contribution in [1.82, 2.24) is 42.5 Å². The van der Waals surface area contributed by atoms with Crippen LogP contribution in [-0.4, -0.2) is 201 Å². The molecule has 0 aliphatic carbocycles. The fourth-order valence-electron chi connectivity index (χ4n) is 6.66. The van der Waals surface area contributed by atoms with E-state index in [1.54, 1.807) is 0 Å². The monoisotopic (exact) mass is 1100 g/mol. The van der Waals surface area contributed by atoms with Gasteiger partial charge < -0.3 is 114 Å². The second kappa shape index (κ2) is 36.0. The number of guanidine groups is 2. The number of unbranched alkanes of at least 4 members (excludes halogenated alkanes) is 1. The number of amides is 10. The van der Waals surface area contributed by atoms with E-state index in [1.165, 1.54) is 0 Å². The molecule has 0 aromatic carbocycles. The van der Waals surface area contributed by atoms with E-state index in [1.807, 2.05) is 10.6 Å². The lowest BCUT2D eigenvalue weighted by atomic mass is 10.0. The van der Waals surface area contributed by atoms with E-state index in [9.17, 15) is 83.1 Å². The van der Waals surface area contributed by atoms with Gasteiger partial charge in [0.25, 0.3) is 0 Å². The molecule has 0 aliphatic heterocycles. The van der Waals surface area contributed by atoms with Crippen molar-refractivity contribution in [2.45, 2.75) is 151 Å². The number of aliphatic carboxylic acids is 2. The average Bonchev–Trinajstić information content (AvgIpc) is 3.32. The van der Waals surface area contributed by atoms with Gasteiger partial charge in [-0.2, -0.15) is 0 Å². The Balaban J connectivity index is 6.44. The molecule has 10 amide bonds. The number of nitrogens with one attached hydrogen (secondary N) is 8. The van der Waals surface area contributed by atoms with Gasteiger partial charge in [0.2, 0.25) is 59.1 Å². The summed E-state index contributed by atoms with van der Waals surface area (Å²) < 4.78 is 0. The molecule has 29 N–H and O–H groups in total. The van der Waals surface area contributed by atoms with Gasteiger partial charge in [-0.15, -0.1) is 0 Å². The van der Waals surface area contributed by atoms with Crippen molar-refractivity contribution in [3.63, 3.8) is 0 Å². The van der Waals surface area contributed by atoms with Crippen molar-refractivity contribution >= 4 is 82.9 Å². The summed E-state index contributed by atoms with van der Waals surface area (Å²) >= 11 is 0. The molecule has 11 atom stereocenters. The molecule has 0 saturated carbocycles. The highest BCUT2D eigenvalue weighted by molar-refractivity contribution is 6.00. The average molecular weight is 1110 g/mol. The van der Waals surface area contributed by atoms with Crippen LogP contribution in [0.25, 0.3) is 0 Å². The Labute approximate surface area is 441 Å². The number of nitrogens with zero attached hydrogens (tertiary/aromatic N) is 2.